The van der Waals surface area contributed by atoms with Crippen LogP contribution in [0.4, 0.5) is 14.5 Å². The number of carbonyl (C=O) groups excluding carboxylic acids is 1. The summed E-state index contributed by atoms with van der Waals surface area (Å²) < 4.78 is 39.2. The molecule has 0 aromatic heterocycles. The largest absolute Gasteiger partial charge is 0.494 e. The first-order valence-electron chi connectivity index (χ1n) is 7.38. The first-order valence-corrected chi connectivity index (χ1v) is 7.75. The molecule has 1 amide bonds. The molecule has 0 aliphatic heterocycles. The maximum absolute atomic E-state index is 12.2. The van der Waals surface area contributed by atoms with Crippen molar-refractivity contribution in [1.29, 1.82) is 0 Å². The minimum absolute atomic E-state index is 0.0365. The fraction of sp³-hybridized carbons (Fsp3) is 0.235. The van der Waals surface area contributed by atoms with Gasteiger partial charge in [0.05, 0.1) is 11.6 Å². The topological polar surface area (TPSA) is 56.8 Å². The van der Waals surface area contributed by atoms with Gasteiger partial charge in [0.2, 0.25) is 0 Å². The second-order valence-electron chi connectivity index (χ2n) is 4.76. The molecule has 0 aliphatic rings. The Balaban J connectivity index is 1.86. The van der Waals surface area contributed by atoms with Crippen molar-refractivity contribution < 1.29 is 27.8 Å². The van der Waals surface area contributed by atoms with Crippen LogP contribution in [-0.2, 0) is 4.79 Å². The Bertz CT molecular complexity index is 710. The van der Waals surface area contributed by atoms with E-state index in [1.54, 1.807) is 24.3 Å². The van der Waals surface area contributed by atoms with E-state index in [1.165, 1.54) is 18.2 Å². The molecule has 2 aromatic carbocycles. The molecule has 0 bridgehead atoms. The van der Waals surface area contributed by atoms with Gasteiger partial charge in [-0.3, -0.25) is 4.79 Å². The minimum Gasteiger partial charge on any atom is -0.494 e. The molecule has 134 valence electrons. The first-order chi connectivity index (χ1) is 12.0. The number of carbonyl (C=O) groups is 1. The molecule has 0 spiro atoms. The summed E-state index contributed by atoms with van der Waals surface area (Å²) in [5, 5.41) is 2.51. The molecule has 0 heterocycles. The predicted octanol–water partition coefficient (Wildman–Crippen LogP) is 4.36. The Kier molecular flexibility index (Phi) is 6.82. The third-order valence-electron chi connectivity index (χ3n) is 2.94. The fourth-order valence-corrected chi connectivity index (χ4v) is 2.14. The van der Waals surface area contributed by atoms with E-state index < -0.39 is 12.5 Å². The highest BCUT2D eigenvalue weighted by molar-refractivity contribution is 6.32. The van der Waals surface area contributed by atoms with E-state index >= 15 is 0 Å². The van der Waals surface area contributed by atoms with Crippen LogP contribution in [0.3, 0.4) is 0 Å². The number of hydrogen-bond acceptors (Lipinski definition) is 4. The molecule has 5 nitrogen and oxygen atoms in total. The molecule has 0 unspecified atom stereocenters. The zero-order valence-electron chi connectivity index (χ0n) is 13.3. The summed E-state index contributed by atoms with van der Waals surface area (Å²) in [4.78, 5) is 11.9. The van der Waals surface area contributed by atoms with E-state index in [0.717, 1.165) is 0 Å². The van der Waals surface area contributed by atoms with E-state index in [-0.39, 0.29) is 17.4 Å². The molecular weight excluding hydrogens is 356 g/mol. The van der Waals surface area contributed by atoms with Gasteiger partial charge in [-0.1, -0.05) is 11.6 Å². The molecule has 25 heavy (non-hydrogen) atoms. The molecule has 0 saturated carbocycles. The number of halogens is 3. The van der Waals surface area contributed by atoms with E-state index in [2.05, 4.69) is 10.1 Å². The predicted molar refractivity (Wildman–Crippen MR) is 89.8 cm³/mol. The van der Waals surface area contributed by atoms with E-state index in [4.69, 9.17) is 21.1 Å². The van der Waals surface area contributed by atoms with Gasteiger partial charge < -0.3 is 19.5 Å². The highest BCUT2D eigenvalue weighted by atomic mass is 35.5. The van der Waals surface area contributed by atoms with Crippen molar-refractivity contribution >= 4 is 23.2 Å². The lowest BCUT2D eigenvalue weighted by atomic mass is 10.3. The van der Waals surface area contributed by atoms with Crippen LogP contribution in [-0.4, -0.2) is 25.7 Å². The fourth-order valence-electron chi connectivity index (χ4n) is 1.91. The van der Waals surface area contributed by atoms with Gasteiger partial charge in [0.15, 0.2) is 6.61 Å². The second-order valence-corrected chi connectivity index (χ2v) is 5.17. The zero-order valence-corrected chi connectivity index (χ0v) is 14.1. The van der Waals surface area contributed by atoms with Gasteiger partial charge in [0.25, 0.3) is 5.91 Å². The summed E-state index contributed by atoms with van der Waals surface area (Å²) in [6.45, 7) is -0.749. The van der Waals surface area contributed by atoms with Gasteiger partial charge in [0.1, 0.15) is 17.2 Å². The highest BCUT2D eigenvalue weighted by Crippen LogP contribution is 2.29. The number of alkyl halides is 2. The van der Waals surface area contributed by atoms with Crippen LogP contribution in [0, 0.1) is 0 Å². The van der Waals surface area contributed by atoms with Crippen LogP contribution in [0.25, 0.3) is 0 Å². The van der Waals surface area contributed by atoms with Gasteiger partial charge in [-0.05, 0) is 49.4 Å². The van der Waals surface area contributed by atoms with Crippen molar-refractivity contribution in [1.82, 2.24) is 0 Å². The van der Waals surface area contributed by atoms with Crippen molar-refractivity contribution in [3.05, 3.63) is 47.5 Å². The Hall–Kier alpha value is -2.54. The second kappa shape index (κ2) is 9.08. The normalized spacial score (nSPS) is 10.4. The molecule has 2 rings (SSSR count). The van der Waals surface area contributed by atoms with Crippen LogP contribution in [0.5, 0.6) is 17.2 Å². The Morgan fingerprint density at radius 2 is 1.76 bits per heavy atom. The number of anilines is 1. The Morgan fingerprint density at radius 3 is 2.32 bits per heavy atom. The van der Waals surface area contributed by atoms with Crippen molar-refractivity contribution in [3.63, 3.8) is 0 Å². The van der Waals surface area contributed by atoms with Crippen LogP contribution in [0.1, 0.15) is 6.92 Å². The Morgan fingerprint density at radius 1 is 1.12 bits per heavy atom. The van der Waals surface area contributed by atoms with Gasteiger partial charge in [-0.25, -0.2) is 0 Å². The molecule has 2 aromatic rings. The number of benzene rings is 2. The number of nitrogens with one attached hydrogen (secondary N) is 1. The summed E-state index contributed by atoms with van der Waals surface area (Å²) in [5.41, 5.74) is 0.340. The molecule has 0 aliphatic carbocycles. The molecule has 0 fully saturated rings. The SMILES string of the molecule is CCOc1ccc(OCC(=O)Nc2ccc(OC(F)F)c(Cl)c2)cc1. The summed E-state index contributed by atoms with van der Waals surface area (Å²) in [6, 6.07) is 10.8. The van der Waals surface area contributed by atoms with Crippen molar-refractivity contribution in [2.75, 3.05) is 18.5 Å². The number of amides is 1. The minimum atomic E-state index is -2.97. The first kappa shape index (κ1) is 18.8. The van der Waals surface area contributed by atoms with Gasteiger partial charge in [-0.15, -0.1) is 0 Å². The monoisotopic (exact) mass is 371 g/mol. The molecule has 8 heteroatoms. The van der Waals surface area contributed by atoms with Gasteiger partial charge >= 0.3 is 6.61 Å². The average Bonchev–Trinajstić information content (AvgIpc) is 2.57. The Labute approximate surface area is 148 Å². The van der Waals surface area contributed by atoms with Gasteiger partial charge in [-0.2, -0.15) is 8.78 Å². The molecule has 0 atom stereocenters. The summed E-state index contributed by atoms with van der Waals surface area (Å²) in [7, 11) is 0. The van der Waals surface area contributed by atoms with Crippen molar-refractivity contribution in [2.24, 2.45) is 0 Å². The number of hydrogen-bond donors (Lipinski definition) is 1. The zero-order chi connectivity index (χ0) is 18.2. The lowest BCUT2D eigenvalue weighted by Crippen LogP contribution is -2.20. The van der Waals surface area contributed by atoms with Crippen molar-refractivity contribution in [2.45, 2.75) is 13.5 Å². The molecule has 0 saturated heterocycles. The molecule has 0 radical (unpaired) electrons. The van der Waals surface area contributed by atoms with E-state index in [0.29, 0.717) is 23.8 Å². The number of ether oxygens (including phenoxy) is 3. The smallest absolute Gasteiger partial charge is 0.387 e. The van der Waals surface area contributed by atoms with Crippen LogP contribution < -0.4 is 19.5 Å². The van der Waals surface area contributed by atoms with Crippen LogP contribution in [0.2, 0.25) is 5.02 Å². The standard InChI is InChI=1S/C17H16ClF2NO4/c1-2-23-12-4-6-13(7-5-12)24-10-16(22)21-11-3-8-15(14(18)9-11)25-17(19)20/h3-9,17H,2,10H2,1H3,(H,21,22). The van der Waals surface area contributed by atoms with Crippen LogP contribution in [0.15, 0.2) is 42.5 Å². The van der Waals surface area contributed by atoms with Crippen LogP contribution >= 0.6 is 11.6 Å². The quantitative estimate of drug-likeness (QED) is 0.749. The lowest BCUT2D eigenvalue weighted by molar-refractivity contribution is -0.118. The molecule has 1 N–H and O–H groups in total. The summed E-state index contributed by atoms with van der Waals surface area (Å²) >= 11 is 5.82. The number of rotatable bonds is 8. The van der Waals surface area contributed by atoms with E-state index in [9.17, 15) is 13.6 Å². The summed E-state index contributed by atoms with van der Waals surface area (Å²) in [6.07, 6.45) is 0. The van der Waals surface area contributed by atoms with E-state index in [1.807, 2.05) is 6.92 Å². The lowest BCUT2D eigenvalue weighted by Gasteiger charge is -2.10. The van der Waals surface area contributed by atoms with Crippen molar-refractivity contribution in [3.8, 4) is 17.2 Å². The average molecular weight is 372 g/mol. The summed E-state index contributed by atoms with van der Waals surface area (Å²) in [5.74, 6) is 0.630. The highest BCUT2D eigenvalue weighted by Gasteiger charge is 2.10. The van der Waals surface area contributed by atoms with Gasteiger partial charge in [0, 0.05) is 5.69 Å². The third-order valence-corrected chi connectivity index (χ3v) is 3.23. The maximum atomic E-state index is 12.2. The maximum Gasteiger partial charge on any atom is 0.387 e. The third kappa shape index (κ3) is 6.11. The molecular formula is C17H16ClF2NO4.